The number of carbonyl (C=O) groups excluding carboxylic acids is 1. The molecule has 1 heterocycles. The predicted octanol–water partition coefficient (Wildman–Crippen LogP) is 1.07. The van der Waals surface area contributed by atoms with Crippen LogP contribution >= 0.6 is 11.3 Å². The van der Waals surface area contributed by atoms with Gasteiger partial charge in [0.15, 0.2) is 0 Å². The zero-order valence-electron chi connectivity index (χ0n) is 9.87. The smallest absolute Gasteiger partial charge is 0.321 e. The lowest BCUT2D eigenvalue weighted by Gasteiger charge is -2.30. The molecule has 2 aliphatic carbocycles. The summed E-state index contributed by atoms with van der Waals surface area (Å²) in [6.45, 7) is 0.158. The van der Waals surface area contributed by atoms with Crippen molar-refractivity contribution in [3.63, 3.8) is 0 Å². The Labute approximate surface area is 109 Å². The van der Waals surface area contributed by atoms with E-state index in [1.54, 1.807) is 5.51 Å². The number of hydrogen-bond donors (Lipinski definition) is 3. The summed E-state index contributed by atoms with van der Waals surface area (Å²) in [7, 11) is 0. The minimum atomic E-state index is -0.247. The molecule has 6 nitrogen and oxygen atoms in total. The summed E-state index contributed by atoms with van der Waals surface area (Å²) in [5.74, 6) is 1.31. The first-order valence-corrected chi connectivity index (χ1v) is 7.10. The van der Waals surface area contributed by atoms with Gasteiger partial charge in [0, 0.05) is 18.6 Å². The molecule has 1 aromatic heterocycles. The zero-order chi connectivity index (χ0) is 12.5. The van der Waals surface area contributed by atoms with Gasteiger partial charge in [0.1, 0.15) is 5.51 Å². The number of amides is 2. The van der Waals surface area contributed by atoms with Crippen molar-refractivity contribution >= 4 is 22.5 Å². The number of rotatable bonds is 3. The summed E-state index contributed by atoms with van der Waals surface area (Å²) in [6.07, 6.45) is 3.48. The first kappa shape index (κ1) is 11.9. The van der Waals surface area contributed by atoms with E-state index in [9.17, 15) is 9.90 Å². The molecule has 2 amide bonds. The molecule has 0 aromatic carbocycles. The van der Waals surface area contributed by atoms with Gasteiger partial charge in [-0.3, -0.25) is 5.32 Å². The summed E-state index contributed by atoms with van der Waals surface area (Å²) in [5.41, 5.74) is 1.57. The molecule has 18 heavy (non-hydrogen) atoms. The molecule has 2 saturated carbocycles. The van der Waals surface area contributed by atoms with Crippen molar-refractivity contribution in [1.29, 1.82) is 0 Å². The molecular formula is C11H16N4O2S. The van der Waals surface area contributed by atoms with Crippen LogP contribution in [0.2, 0.25) is 0 Å². The van der Waals surface area contributed by atoms with Crippen molar-refractivity contribution in [1.82, 2.24) is 15.5 Å². The molecule has 0 saturated heterocycles. The number of hydrogen-bond acceptors (Lipinski definition) is 5. The quantitative estimate of drug-likeness (QED) is 0.765. The topological polar surface area (TPSA) is 87.1 Å². The van der Waals surface area contributed by atoms with E-state index in [4.69, 9.17) is 0 Å². The molecule has 0 spiro atoms. The molecule has 3 N–H and O–H groups in total. The number of anilines is 1. The summed E-state index contributed by atoms with van der Waals surface area (Å²) in [5, 5.41) is 23.0. The van der Waals surface area contributed by atoms with Gasteiger partial charge in [-0.2, -0.15) is 0 Å². The van der Waals surface area contributed by atoms with Gasteiger partial charge in [-0.25, -0.2) is 4.79 Å². The van der Waals surface area contributed by atoms with E-state index in [2.05, 4.69) is 20.8 Å². The Morgan fingerprint density at radius 3 is 3.06 bits per heavy atom. The first-order valence-electron chi connectivity index (χ1n) is 6.22. The maximum atomic E-state index is 11.8. The van der Waals surface area contributed by atoms with Gasteiger partial charge in [-0.1, -0.05) is 11.3 Å². The molecule has 1 aromatic rings. The Kier molecular flexibility index (Phi) is 3.17. The Balaban J connectivity index is 1.60. The predicted molar refractivity (Wildman–Crippen MR) is 67.3 cm³/mol. The van der Waals surface area contributed by atoms with E-state index in [-0.39, 0.29) is 24.6 Å². The lowest BCUT2D eigenvalue weighted by Crippen LogP contribution is -2.46. The molecule has 2 aliphatic rings. The Morgan fingerprint density at radius 2 is 2.33 bits per heavy atom. The molecule has 98 valence electrons. The van der Waals surface area contributed by atoms with Crippen molar-refractivity contribution in [3.8, 4) is 0 Å². The Morgan fingerprint density at radius 1 is 1.50 bits per heavy atom. The van der Waals surface area contributed by atoms with Gasteiger partial charge < -0.3 is 10.4 Å². The summed E-state index contributed by atoms with van der Waals surface area (Å²) >= 11 is 1.29. The van der Waals surface area contributed by atoms with Crippen LogP contribution < -0.4 is 10.6 Å². The molecule has 0 aliphatic heterocycles. The van der Waals surface area contributed by atoms with Crippen LogP contribution in [0, 0.1) is 17.8 Å². The van der Waals surface area contributed by atoms with Crippen LogP contribution in [0.25, 0.3) is 0 Å². The summed E-state index contributed by atoms with van der Waals surface area (Å²) < 4.78 is 0. The SMILES string of the molecule is O=C(Nc1nncs1)N[C@@H]1[C@H]2CC[C@@H](C2)[C@@H]1CO. The van der Waals surface area contributed by atoms with Crippen LogP contribution in [0.1, 0.15) is 19.3 Å². The molecule has 7 heteroatoms. The number of aliphatic hydroxyl groups is 1. The molecule has 0 unspecified atom stereocenters. The average molecular weight is 268 g/mol. The monoisotopic (exact) mass is 268 g/mol. The summed E-state index contributed by atoms with van der Waals surface area (Å²) in [6, 6.07) is -0.149. The van der Waals surface area contributed by atoms with E-state index >= 15 is 0 Å². The first-order chi connectivity index (χ1) is 8.78. The van der Waals surface area contributed by atoms with Crippen molar-refractivity contribution in [3.05, 3.63) is 5.51 Å². The van der Waals surface area contributed by atoms with Gasteiger partial charge in [0.25, 0.3) is 0 Å². The van der Waals surface area contributed by atoms with Crippen molar-refractivity contribution < 1.29 is 9.90 Å². The Bertz CT molecular complexity index is 425. The maximum absolute atomic E-state index is 11.8. The molecular weight excluding hydrogens is 252 g/mol. The third-order valence-electron chi connectivity index (χ3n) is 4.18. The molecule has 3 rings (SSSR count). The summed E-state index contributed by atoms with van der Waals surface area (Å²) in [4.78, 5) is 11.8. The third-order valence-corrected chi connectivity index (χ3v) is 4.78. The van der Waals surface area contributed by atoms with Crippen molar-refractivity contribution in [2.75, 3.05) is 11.9 Å². The van der Waals surface area contributed by atoms with Gasteiger partial charge in [-0.15, -0.1) is 10.2 Å². The minimum absolute atomic E-state index is 0.0988. The lowest BCUT2D eigenvalue weighted by atomic mass is 9.85. The van der Waals surface area contributed by atoms with E-state index < -0.39 is 0 Å². The fourth-order valence-corrected chi connectivity index (χ4v) is 3.85. The van der Waals surface area contributed by atoms with Crippen molar-refractivity contribution in [2.45, 2.75) is 25.3 Å². The second-order valence-corrected chi connectivity index (χ2v) is 5.88. The van der Waals surface area contributed by atoms with Crippen LogP contribution in [0.4, 0.5) is 9.93 Å². The second-order valence-electron chi connectivity index (χ2n) is 5.05. The fraction of sp³-hybridized carbons (Fsp3) is 0.727. The van der Waals surface area contributed by atoms with E-state index in [0.29, 0.717) is 17.0 Å². The van der Waals surface area contributed by atoms with Crippen LogP contribution in [-0.2, 0) is 0 Å². The maximum Gasteiger partial charge on any atom is 0.321 e. The normalized spacial score (nSPS) is 33.6. The largest absolute Gasteiger partial charge is 0.396 e. The van der Waals surface area contributed by atoms with E-state index in [1.165, 1.54) is 17.8 Å². The highest BCUT2D eigenvalue weighted by Gasteiger charge is 2.47. The number of nitrogens with one attached hydrogen (secondary N) is 2. The molecule has 0 radical (unpaired) electrons. The molecule has 4 atom stereocenters. The standard InChI is InChI=1S/C11H16N4O2S/c16-4-8-6-1-2-7(3-6)9(8)13-10(17)14-11-15-12-5-18-11/h5-9,16H,1-4H2,(H2,13,14,15,17)/t6-,7-,8-,9+/m0/s1. The zero-order valence-corrected chi connectivity index (χ0v) is 10.7. The number of aliphatic hydroxyl groups excluding tert-OH is 1. The molecule has 2 fully saturated rings. The number of carbonyl (C=O) groups is 1. The highest BCUT2D eigenvalue weighted by atomic mass is 32.1. The minimum Gasteiger partial charge on any atom is -0.396 e. The van der Waals surface area contributed by atoms with Gasteiger partial charge >= 0.3 is 6.03 Å². The van der Waals surface area contributed by atoms with E-state index in [0.717, 1.165) is 12.8 Å². The number of aromatic nitrogens is 2. The number of nitrogens with zero attached hydrogens (tertiary/aromatic N) is 2. The van der Waals surface area contributed by atoms with E-state index in [1.807, 2.05) is 0 Å². The fourth-order valence-electron chi connectivity index (χ4n) is 3.41. The third kappa shape index (κ3) is 2.08. The number of urea groups is 1. The van der Waals surface area contributed by atoms with Crippen LogP contribution in [0.15, 0.2) is 5.51 Å². The molecule has 2 bridgehead atoms. The van der Waals surface area contributed by atoms with Crippen LogP contribution in [-0.4, -0.2) is 34.0 Å². The van der Waals surface area contributed by atoms with Gasteiger partial charge in [0.05, 0.1) is 0 Å². The Hall–Kier alpha value is -1.21. The highest BCUT2D eigenvalue weighted by Crippen LogP contribution is 2.48. The van der Waals surface area contributed by atoms with Gasteiger partial charge in [-0.05, 0) is 31.1 Å². The lowest BCUT2D eigenvalue weighted by molar-refractivity contribution is 0.146. The average Bonchev–Trinajstić information content (AvgIpc) is 3.04. The highest BCUT2D eigenvalue weighted by molar-refractivity contribution is 7.13. The second kappa shape index (κ2) is 4.81. The van der Waals surface area contributed by atoms with Crippen LogP contribution in [0.5, 0.6) is 0 Å². The number of fused-ring (bicyclic) bond motifs is 2. The van der Waals surface area contributed by atoms with Crippen LogP contribution in [0.3, 0.4) is 0 Å². The van der Waals surface area contributed by atoms with Gasteiger partial charge in [0.2, 0.25) is 5.13 Å². The van der Waals surface area contributed by atoms with Crippen molar-refractivity contribution in [2.24, 2.45) is 17.8 Å².